The number of hydrogen-bond donors (Lipinski definition) is 1. The molecule has 0 radical (unpaired) electrons. The van der Waals surface area contributed by atoms with Crippen LogP contribution in [0.3, 0.4) is 0 Å². The van der Waals surface area contributed by atoms with E-state index in [1.807, 2.05) is 0 Å². The van der Waals surface area contributed by atoms with E-state index in [1.54, 1.807) is 0 Å². The summed E-state index contributed by atoms with van der Waals surface area (Å²) in [6.07, 6.45) is 7.86. The van der Waals surface area contributed by atoms with Gasteiger partial charge in [0, 0.05) is 0 Å². The van der Waals surface area contributed by atoms with Crippen LogP contribution in [0.2, 0.25) is 0 Å². The van der Waals surface area contributed by atoms with Crippen LogP contribution in [0.4, 0.5) is 0 Å². The van der Waals surface area contributed by atoms with Crippen molar-refractivity contribution in [3.8, 4) is 0 Å². The maximum atomic E-state index is 9.10. The van der Waals surface area contributed by atoms with Gasteiger partial charge in [0.05, 0.1) is 6.61 Å². The van der Waals surface area contributed by atoms with E-state index >= 15 is 0 Å². The Kier molecular flexibility index (Phi) is 4.15. The third-order valence-electron chi connectivity index (χ3n) is 4.09. The Hall–Kier alpha value is -0.560. The number of aliphatic hydroxyl groups is 1. The predicted octanol–water partition coefficient (Wildman–Crippen LogP) is 3.70. The number of allylic oxidation sites excluding steroid dienone is 3. The van der Waals surface area contributed by atoms with Crippen LogP contribution in [-0.4, -0.2) is 11.7 Å². The molecule has 0 aromatic carbocycles. The van der Waals surface area contributed by atoms with E-state index in [1.165, 1.54) is 17.6 Å². The van der Waals surface area contributed by atoms with Gasteiger partial charge >= 0.3 is 0 Å². The van der Waals surface area contributed by atoms with E-state index in [9.17, 15) is 0 Å². The van der Waals surface area contributed by atoms with Crippen molar-refractivity contribution in [1.29, 1.82) is 0 Å². The van der Waals surface area contributed by atoms with Crippen LogP contribution in [0.5, 0.6) is 0 Å². The average molecular weight is 208 g/mol. The van der Waals surface area contributed by atoms with Gasteiger partial charge in [-0.1, -0.05) is 38.5 Å². The van der Waals surface area contributed by atoms with Crippen molar-refractivity contribution < 1.29 is 5.11 Å². The van der Waals surface area contributed by atoms with Crippen molar-refractivity contribution in [2.45, 2.75) is 47.0 Å². The van der Waals surface area contributed by atoms with Crippen LogP contribution in [-0.2, 0) is 0 Å². The molecule has 0 spiro atoms. The molecule has 0 heterocycles. The van der Waals surface area contributed by atoms with Crippen LogP contribution >= 0.6 is 0 Å². The monoisotopic (exact) mass is 208 g/mol. The Morgan fingerprint density at radius 1 is 1.60 bits per heavy atom. The maximum absolute atomic E-state index is 9.10. The first-order valence-electron chi connectivity index (χ1n) is 5.98. The van der Waals surface area contributed by atoms with Gasteiger partial charge in [0.1, 0.15) is 0 Å². The third-order valence-corrected chi connectivity index (χ3v) is 4.09. The van der Waals surface area contributed by atoms with Gasteiger partial charge in [-0.15, -0.1) is 0 Å². The highest BCUT2D eigenvalue weighted by molar-refractivity contribution is 5.19. The summed E-state index contributed by atoms with van der Waals surface area (Å²) in [4.78, 5) is 0. The molecule has 1 atom stereocenters. The van der Waals surface area contributed by atoms with Gasteiger partial charge in [-0.05, 0) is 43.1 Å². The van der Waals surface area contributed by atoms with Crippen molar-refractivity contribution in [2.24, 2.45) is 11.3 Å². The molecule has 0 amide bonds. The molecule has 0 fully saturated rings. The molecule has 0 aromatic heterocycles. The number of hydrogen-bond acceptors (Lipinski definition) is 1. The molecule has 1 N–H and O–H groups in total. The molecular formula is C14H24O. The fourth-order valence-corrected chi connectivity index (χ4v) is 2.22. The normalized spacial score (nSPS) is 25.5. The van der Waals surface area contributed by atoms with Crippen LogP contribution in [0.15, 0.2) is 23.3 Å². The van der Waals surface area contributed by atoms with Crippen molar-refractivity contribution in [3.05, 3.63) is 23.3 Å². The molecule has 15 heavy (non-hydrogen) atoms. The lowest BCUT2D eigenvalue weighted by molar-refractivity contribution is 0.291. The van der Waals surface area contributed by atoms with E-state index in [4.69, 9.17) is 5.11 Å². The standard InChI is InChI=1S/C14H24O/c1-5-12(10-15)7-9-13-8-6-11(2)14(13,3)4/h6-7,13,15H,5,8-10H2,1-4H3/t13-/m0/s1. The van der Waals surface area contributed by atoms with Crippen LogP contribution in [0.25, 0.3) is 0 Å². The Labute approximate surface area is 93.9 Å². The molecule has 1 nitrogen and oxygen atoms in total. The fourth-order valence-electron chi connectivity index (χ4n) is 2.22. The molecule has 0 aliphatic heterocycles. The molecular weight excluding hydrogens is 184 g/mol. The van der Waals surface area contributed by atoms with E-state index < -0.39 is 0 Å². The lowest BCUT2D eigenvalue weighted by Crippen LogP contribution is -2.19. The zero-order valence-electron chi connectivity index (χ0n) is 10.5. The van der Waals surface area contributed by atoms with Gasteiger partial charge in [0.2, 0.25) is 0 Å². The largest absolute Gasteiger partial charge is 0.392 e. The van der Waals surface area contributed by atoms with Crippen molar-refractivity contribution in [1.82, 2.24) is 0 Å². The van der Waals surface area contributed by atoms with E-state index in [2.05, 4.69) is 39.8 Å². The second kappa shape index (κ2) is 4.98. The fraction of sp³-hybridized carbons (Fsp3) is 0.714. The second-order valence-corrected chi connectivity index (χ2v) is 5.15. The van der Waals surface area contributed by atoms with Crippen LogP contribution < -0.4 is 0 Å². The highest BCUT2D eigenvalue weighted by Gasteiger charge is 2.33. The molecule has 0 unspecified atom stereocenters. The summed E-state index contributed by atoms with van der Waals surface area (Å²) >= 11 is 0. The maximum Gasteiger partial charge on any atom is 0.0641 e. The zero-order valence-corrected chi connectivity index (χ0v) is 10.5. The molecule has 1 heteroatoms. The minimum atomic E-state index is 0.218. The van der Waals surface area contributed by atoms with E-state index in [0.717, 1.165) is 12.8 Å². The van der Waals surface area contributed by atoms with Gasteiger partial charge in [0.25, 0.3) is 0 Å². The first-order chi connectivity index (χ1) is 7.02. The van der Waals surface area contributed by atoms with Gasteiger partial charge in [-0.25, -0.2) is 0 Å². The van der Waals surface area contributed by atoms with Crippen molar-refractivity contribution in [2.75, 3.05) is 6.61 Å². The molecule has 0 saturated heterocycles. The summed E-state index contributed by atoms with van der Waals surface area (Å²) < 4.78 is 0. The number of rotatable bonds is 4. The van der Waals surface area contributed by atoms with Gasteiger partial charge < -0.3 is 5.11 Å². The minimum Gasteiger partial charge on any atom is -0.392 e. The highest BCUT2D eigenvalue weighted by atomic mass is 16.3. The summed E-state index contributed by atoms with van der Waals surface area (Å²) in [5.74, 6) is 0.714. The Morgan fingerprint density at radius 2 is 2.27 bits per heavy atom. The summed E-state index contributed by atoms with van der Waals surface area (Å²) in [5, 5.41) is 9.10. The third kappa shape index (κ3) is 2.72. The Balaban J connectivity index is 2.59. The van der Waals surface area contributed by atoms with Gasteiger partial charge in [-0.2, -0.15) is 0 Å². The van der Waals surface area contributed by atoms with Crippen molar-refractivity contribution >= 4 is 0 Å². The van der Waals surface area contributed by atoms with Gasteiger partial charge in [0.15, 0.2) is 0 Å². The summed E-state index contributed by atoms with van der Waals surface area (Å²) in [5.41, 5.74) is 3.03. The predicted molar refractivity (Wildman–Crippen MR) is 65.7 cm³/mol. The molecule has 0 bridgehead atoms. The van der Waals surface area contributed by atoms with Crippen LogP contribution in [0, 0.1) is 11.3 Å². The van der Waals surface area contributed by atoms with Crippen LogP contribution in [0.1, 0.15) is 47.0 Å². The number of aliphatic hydroxyl groups excluding tert-OH is 1. The second-order valence-electron chi connectivity index (χ2n) is 5.15. The highest BCUT2D eigenvalue weighted by Crippen LogP contribution is 2.44. The molecule has 86 valence electrons. The molecule has 1 rings (SSSR count). The lowest BCUT2D eigenvalue weighted by atomic mass is 9.76. The summed E-state index contributed by atoms with van der Waals surface area (Å²) in [6, 6.07) is 0. The van der Waals surface area contributed by atoms with Crippen molar-refractivity contribution in [3.63, 3.8) is 0 Å². The Bertz CT molecular complexity index is 265. The molecule has 1 aliphatic rings. The Morgan fingerprint density at radius 3 is 2.67 bits per heavy atom. The van der Waals surface area contributed by atoms with E-state index in [-0.39, 0.29) is 6.61 Å². The first kappa shape index (κ1) is 12.5. The van der Waals surface area contributed by atoms with Gasteiger partial charge in [-0.3, -0.25) is 0 Å². The molecule has 1 aliphatic carbocycles. The zero-order chi connectivity index (χ0) is 11.5. The first-order valence-corrected chi connectivity index (χ1v) is 5.98. The quantitative estimate of drug-likeness (QED) is 0.698. The smallest absolute Gasteiger partial charge is 0.0641 e. The average Bonchev–Trinajstić information content (AvgIpc) is 2.45. The molecule has 0 saturated carbocycles. The van der Waals surface area contributed by atoms with E-state index in [0.29, 0.717) is 11.3 Å². The summed E-state index contributed by atoms with van der Waals surface area (Å²) in [7, 11) is 0. The summed E-state index contributed by atoms with van der Waals surface area (Å²) in [6.45, 7) is 9.21. The molecule has 0 aromatic rings. The lowest BCUT2D eigenvalue weighted by Gasteiger charge is -2.29. The SMILES string of the molecule is CCC(=CC[C@@H]1CC=C(C)C1(C)C)CO. The topological polar surface area (TPSA) is 20.2 Å². The minimum absolute atomic E-state index is 0.218.